The van der Waals surface area contributed by atoms with Crippen LogP contribution in [0.25, 0.3) is 11.3 Å². The zero-order chi connectivity index (χ0) is 16.6. The standard InChI is InChI=1S/C19H14BrClFN/c1-12-16(21)11-14(13-7-4-3-5-8-13)19(23(12)2)18-15(20)9-6-10-17(18)22/h3-11H,1H2,2H3. The first-order valence-corrected chi connectivity index (χ1v) is 8.22. The van der Waals surface area contributed by atoms with Crippen molar-refractivity contribution in [2.45, 2.75) is 0 Å². The lowest BCUT2D eigenvalue weighted by molar-refractivity contribution is 0.585. The molecule has 0 spiro atoms. The summed E-state index contributed by atoms with van der Waals surface area (Å²) in [5.74, 6) is -0.297. The van der Waals surface area contributed by atoms with Gasteiger partial charge < -0.3 is 4.90 Å². The van der Waals surface area contributed by atoms with E-state index in [9.17, 15) is 4.39 Å². The van der Waals surface area contributed by atoms with Crippen molar-refractivity contribution in [3.8, 4) is 0 Å². The zero-order valence-corrected chi connectivity index (χ0v) is 14.8. The van der Waals surface area contributed by atoms with Gasteiger partial charge in [-0.25, -0.2) is 4.39 Å². The van der Waals surface area contributed by atoms with E-state index in [1.807, 2.05) is 54.4 Å². The third-order valence-corrected chi connectivity index (χ3v) is 4.81. The Morgan fingerprint density at radius 2 is 1.78 bits per heavy atom. The smallest absolute Gasteiger partial charge is 0.133 e. The molecule has 1 aliphatic heterocycles. The van der Waals surface area contributed by atoms with Crippen molar-refractivity contribution in [3.05, 3.63) is 93.3 Å². The number of hydrogen-bond acceptors (Lipinski definition) is 1. The molecule has 0 radical (unpaired) electrons. The predicted molar refractivity (Wildman–Crippen MR) is 98.2 cm³/mol. The number of allylic oxidation sites excluding steroid dienone is 3. The van der Waals surface area contributed by atoms with Gasteiger partial charge in [-0.1, -0.05) is 54.6 Å². The number of hydrogen-bond donors (Lipinski definition) is 0. The molecule has 0 aromatic heterocycles. The van der Waals surface area contributed by atoms with E-state index in [1.54, 1.807) is 6.07 Å². The van der Waals surface area contributed by atoms with Crippen LogP contribution in [-0.4, -0.2) is 11.9 Å². The molecule has 1 aliphatic rings. The van der Waals surface area contributed by atoms with Gasteiger partial charge >= 0.3 is 0 Å². The van der Waals surface area contributed by atoms with Gasteiger partial charge in [0.05, 0.1) is 16.4 Å². The van der Waals surface area contributed by atoms with E-state index >= 15 is 0 Å². The van der Waals surface area contributed by atoms with E-state index in [2.05, 4.69) is 22.5 Å². The van der Waals surface area contributed by atoms with Crippen LogP contribution in [0.15, 0.2) is 76.4 Å². The fourth-order valence-corrected chi connectivity index (χ4v) is 3.38. The van der Waals surface area contributed by atoms with Gasteiger partial charge in [0.25, 0.3) is 0 Å². The average molecular weight is 391 g/mol. The molecule has 23 heavy (non-hydrogen) atoms. The summed E-state index contributed by atoms with van der Waals surface area (Å²) in [4.78, 5) is 1.83. The quantitative estimate of drug-likeness (QED) is 0.604. The third-order valence-electron chi connectivity index (χ3n) is 3.83. The van der Waals surface area contributed by atoms with Gasteiger partial charge in [-0.3, -0.25) is 0 Å². The van der Waals surface area contributed by atoms with Crippen LogP contribution in [0.1, 0.15) is 11.1 Å². The van der Waals surface area contributed by atoms with Gasteiger partial charge in [-0.05, 0) is 39.7 Å². The minimum atomic E-state index is -0.297. The Morgan fingerprint density at radius 3 is 2.43 bits per heavy atom. The third kappa shape index (κ3) is 2.87. The van der Waals surface area contributed by atoms with Crippen LogP contribution < -0.4 is 0 Å². The Labute approximate surface area is 148 Å². The predicted octanol–water partition coefficient (Wildman–Crippen LogP) is 6.04. The van der Waals surface area contributed by atoms with E-state index in [4.69, 9.17) is 11.6 Å². The molecule has 0 saturated carbocycles. The summed E-state index contributed by atoms with van der Waals surface area (Å²) in [5, 5.41) is 0.544. The first-order valence-electron chi connectivity index (χ1n) is 7.05. The lowest BCUT2D eigenvalue weighted by Crippen LogP contribution is -2.21. The molecule has 4 heteroatoms. The fourth-order valence-electron chi connectivity index (χ4n) is 2.62. The Kier molecular flexibility index (Phi) is 4.42. The van der Waals surface area contributed by atoms with E-state index < -0.39 is 0 Å². The molecule has 0 atom stereocenters. The molecular formula is C19H14BrClFN. The van der Waals surface area contributed by atoms with Crippen molar-refractivity contribution in [1.29, 1.82) is 0 Å². The summed E-state index contributed by atoms with van der Waals surface area (Å²) < 4.78 is 15.2. The van der Waals surface area contributed by atoms with E-state index in [-0.39, 0.29) is 5.82 Å². The van der Waals surface area contributed by atoms with Crippen molar-refractivity contribution in [2.24, 2.45) is 0 Å². The summed E-state index contributed by atoms with van der Waals surface area (Å²) >= 11 is 9.78. The maximum Gasteiger partial charge on any atom is 0.133 e. The molecule has 2 aromatic rings. The molecular weight excluding hydrogens is 377 g/mol. The number of benzene rings is 2. The SMILES string of the molecule is C=C1C(Cl)=CC(c2ccccc2)=C(c2c(F)cccc2Br)N1C. The Balaban J connectivity index is 2.36. The first-order chi connectivity index (χ1) is 11.0. The Morgan fingerprint density at radius 1 is 1.09 bits per heavy atom. The lowest BCUT2D eigenvalue weighted by atomic mass is 9.95. The minimum absolute atomic E-state index is 0.297. The molecule has 116 valence electrons. The molecule has 0 unspecified atom stereocenters. The summed E-state index contributed by atoms with van der Waals surface area (Å²) in [7, 11) is 1.84. The molecule has 0 aliphatic carbocycles. The van der Waals surface area contributed by atoms with Gasteiger partial charge in [0.2, 0.25) is 0 Å². The monoisotopic (exact) mass is 389 g/mol. The number of rotatable bonds is 2. The van der Waals surface area contributed by atoms with Gasteiger partial charge in [-0.2, -0.15) is 0 Å². The number of halogens is 3. The highest BCUT2D eigenvalue weighted by molar-refractivity contribution is 9.10. The van der Waals surface area contributed by atoms with Crippen molar-refractivity contribution in [2.75, 3.05) is 7.05 Å². The number of nitrogens with zero attached hydrogens (tertiary/aromatic N) is 1. The van der Waals surface area contributed by atoms with Gasteiger partial charge in [0.1, 0.15) is 5.82 Å². The second-order valence-electron chi connectivity index (χ2n) is 5.22. The second kappa shape index (κ2) is 6.34. The van der Waals surface area contributed by atoms with Crippen LogP contribution in [-0.2, 0) is 0 Å². The molecule has 3 rings (SSSR count). The maximum absolute atomic E-state index is 14.5. The number of likely N-dealkylation sites (N-methyl/N-ethyl adjacent to an activating group) is 1. The Bertz CT molecular complexity index is 819. The molecule has 1 heterocycles. The molecule has 0 amide bonds. The van der Waals surface area contributed by atoms with Crippen molar-refractivity contribution < 1.29 is 4.39 Å². The fraction of sp³-hybridized carbons (Fsp3) is 0.0526. The highest BCUT2D eigenvalue weighted by Gasteiger charge is 2.26. The highest BCUT2D eigenvalue weighted by Crippen LogP contribution is 2.42. The van der Waals surface area contributed by atoms with Crippen LogP contribution in [0.4, 0.5) is 4.39 Å². The largest absolute Gasteiger partial charge is 0.343 e. The van der Waals surface area contributed by atoms with Crippen LogP contribution in [0.3, 0.4) is 0 Å². The van der Waals surface area contributed by atoms with Crippen LogP contribution in [0, 0.1) is 5.82 Å². The van der Waals surface area contributed by atoms with Gasteiger partial charge in [0.15, 0.2) is 0 Å². The summed E-state index contributed by atoms with van der Waals surface area (Å²) in [5.41, 5.74) is 3.69. The zero-order valence-electron chi connectivity index (χ0n) is 12.5. The summed E-state index contributed by atoms with van der Waals surface area (Å²) in [6, 6.07) is 14.7. The minimum Gasteiger partial charge on any atom is -0.343 e. The molecule has 0 N–H and O–H groups in total. The topological polar surface area (TPSA) is 3.24 Å². The molecule has 1 nitrogen and oxygen atoms in total. The normalized spacial score (nSPS) is 15.0. The molecule has 2 aromatic carbocycles. The summed E-state index contributed by atoms with van der Waals surface area (Å²) in [6.45, 7) is 3.99. The van der Waals surface area contributed by atoms with Crippen LogP contribution >= 0.6 is 27.5 Å². The van der Waals surface area contributed by atoms with Gasteiger partial charge in [-0.15, -0.1) is 0 Å². The average Bonchev–Trinajstić information content (AvgIpc) is 2.55. The highest BCUT2D eigenvalue weighted by atomic mass is 79.9. The van der Waals surface area contributed by atoms with E-state index in [0.717, 1.165) is 16.8 Å². The van der Waals surface area contributed by atoms with E-state index in [1.165, 1.54) is 6.07 Å². The first kappa shape index (κ1) is 16.0. The van der Waals surface area contributed by atoms with Crippen molar-refractivity contribution >= 4 is 38.8 Å². The van der Waals surface area contributed by atoms with Crippen molar-refractivity contribution in [3.63, 3.8) is 0 Å². The second-order valence-corrected chi connectivity index (χ2v) is 6.48. The lowest BCUT2D eigenvalue weighted by Gasteiger charge is -2.31. The van der Waals surface area contributed by atoms with Crippen LogP contribution in [0.5, 0.6) is 0 Å². The molecule has 0 bridgehead atoms. The summed E-state index contributed by atoms with van der Waals surface area (Å²) in [6.07, 6.45) is 1.84. The maximum atomic E-state index is 14.5. The molecule has 0 fully saturated rings. The van der Waals surface area contributed by atoms with Crippen molar-refractivity contribution in [1.82, 2.24) is 4.90 Å². The molecule has 0 saturated heterocycles. The van der Waals surface area contributed by atoms with Gasteiger partial charge in [0, 0.05) is 22.7 Å². The Hall–Kier alpha value is -1.84. The van der Waals surface area contributed by atoms with Crippen LogP contribution in [0.2, 0.25) is 0 Å². The van der Waals surface area contributed by atoms with E-state index in [0.29, 0.717) is 20.8 Å².